The van der Waals surface area contributed by atoms with Crippen LogP contribution in [0.5, 0.6) is 0 Å². The quantitative estimate of drug-likeness (QED) is 0.693. The molecule has 0 unspecified atom stereocenters. The van der Waals surface area contributed by atoms with Crippen LogP contribution in [0.2, 0.25) is 0 Å². The summed E-state index contributed by atoms with van der Waals surface area (Å²) in [6, 6.07) is 0. The first kappa shape index (κ1) is 16.1. The minimum atomic E-state index is 0.162. The van der Waals surface area contributed by atoms with Gasteiger partial charge < -0.3 is 10.1 Å². The molecule has 0 atom stereocenters. The molecule has 0 spiro atoms. The van der Waals surface area contributed by atoms with Gasteiger partial charge in [-0.3, -0.25) is 0 Å². The minimum absolute atomic E-state index is 0.162. The molecule has 0 fully saturated rings. The molecule has 1 rings (SSSR count). The van der Waals surface area contributed by atoms with Crippen molar-refractivity contribution >= 4 is 0 Å². The highest BCUT2D eigenvalue weighted by atomic mass is 16.5. The van der Waals surface area contributed by atoms with Crippen LogP contribution in [0.25, 0.3) is 0 Å². The van der Waals surface area contributed by atoms with E-state index in [9.17, 15) is 0 Å². The highest BCUT2D eigenvalue weighted by Gasteiger charge is 2.21. The molecular formula is C14H28N4O. The highest BCUT2D eigenvalue weighted by Crippen LogP contribution is 2.19. The number of aromatic nitrogens is 3. The van der Waals surface area contributed by atoms with Gasteiger partial charge in [0.1, 0.15) is 12.2 Å². The molecule has 1 heterocycles. The molecule has 0 aliphatic rings. The van der Waals surface area contributed by atoms with Crippen LogP contribution in [0.15, 0.2) is 6.33 Å². The Morgan fingerprint density at radius 1 is 1.42 bits per heavy atom. The number of methoxy groups -OCH3 is 1. The molecule has 5 nitrogen and oxygen atoms in total. The van der Waals surface area contributed by atoms with Gasteiger partial charge in [-0.15, -0.1) is 0 Å². The number of rotatable bonds is 9. The van der Waals surface area contributed by atoms with Crippen molar-refractivity contribution in [1.29, 1.82) is 0 Å². The van der Waals surface area contributed by atoms with Gasteiger partial charge in [-0.25, -0.2) is 9.67 Å². The molecule has 19 heavy (non-hydrogen) atoms. The van der Waals surface area contributed by atoms with Crippen LogP contribution in [0.4, 0.5) is 0 Å². The molecule has 0 saturated heterocycles. The molecule has 1 aromatic rings. The molecule has 5 heteroatoms. The summed E-state index contributed by atoms with van der Waals surface area (Å²) in [4.78, 5) is 4.40. The Hall–Kier alpha value is -0.940. The monoisotopic (exact) mass is 268 g/mol. The summed E-state index contributed by atoms with van der Waals surface area (Å²) in [5, 5.41) is 7.73. The number of nitrogens with one attached hydrogen (secondary N) is 1. The summed E-state index contributed by atoms with van der Waals surface area (Å²) in [7, 11) is 1.72. The van der Waals surface area contributed by atoms with E-state index < -0.39 is 0 Å². The Kier molecular flexibility index (Phi) is 6.45. The maximum Gasteiger partial charge on any atom is 0.138 e. The lowest BCUT2D eigenvalue weighted by atomic mass is 9.89. The lowest BCUT2D eigenvalue weighted by Gasteiger charge is -2.25. The van der Waals surface area contributed by atoms with E-state index in [4.69, 9.17) is 4.74 Å². The second-order valence-corrected chi connectivity index (χ2v) is 6.26. The number of hydrogen-bond donors (Lipinski definition) is 1. The van der Waals surface area contributed by atoms with E-state index in [1.54, 1.807) is 13.4 Å². The maximum atomic E-state index is 5.04. The fourth-order valence-electron chi connectivity index (χ4n) is 2.01. The van der Waals surface area contributed by atoms with Crippen LogP contribution in [0, 0.1) is 11.3 Å². The molecule has 0 aliphatic carbocycles. The standard InChI is InChI=1S/C14H28N4O/c1-12(2)9-18-13(16-11-17-18)8-14(3,4)10-15-6-7-19-5/h11-12,15H,6-10H2,1-5H3. The fourth-order valence-corrected chi connectivity index (χ4v) is 2.01. The van der Waals surface area contributed by atoms with Crippen molar-refractivity contribution in [2.45, 2.75) is 40.7 Å². The first-order valence-electron chi connectivity index (χ1n) is 7.01. The van der Waals surface area contributed by atoms with E-state index in [0.717, 1.165) is 38.5 Å². The molecule has 0 aliphatic heterocycles. The first-order chi connectivity index (χ1) is 8.94. The molecule has 0 bridgehead atoms. The Morgan fingerprint density at radius 3 is 2.79 bits per heavy atom. The van der Waals surface area contributed by atoms with E-state index in [2.05, 4.69) is 43.1 Å². The van der Waals surface area contributed by atoms with Crippen LogP contribution in [0.3, 0.4) is 0 Å². The minimum Gasteiger partial charge on any atom is -0.383 e. The van der Waals surface area contributed by atoms with Gasteiger partial charge in [-0.05, 0) is 11.3 Å². The summed E-state index contributed by atoms with van der Waals surface area (Å²) >= 11 is 0. The van der Waals surface area contributed by atoms with Crippen LogP contribution in [-0.2, 0) is 17.7 Å². The third-order valence-corrected chi connectivity index (χ3v) is 2.96. The third-order valence-electron chi connectivity index (χ3n) is 2.96. The largest absolute Gasteiger partial charge is 0.383 e. The molecule has 1 N–H and O–H groups in total. The van der Waals surface area contributed by atoms with Crippen molar-refractivity contribution in [2.75, 3.05) is 26.8 Å². The lowest BCUT2D eigenvalue weighted by Crippen LogP contribution is -2.34. The summed E-state index contributed by atoms with van der Waals surface area (Å²) < 4.78 is 7.07. The normalized spacial score (nSPS) is 12.3. The molecule has 0 saturated carbocycles. The second kappa shape index (κ2) is 7.60. The lowest BCUT2D eigenvalue weighted by molar-refractivity contribution is 0.193. The smallest absolute Gasteiger partial charge is 0.138 e. The van der Waals surface area contributed by atoms with Crippen molar-refractivity contribution in [2.24, 2.45) is 11.3 Å². The molecule has 1 aromatic heterocycles. The first-order valence-corrected chi connectivity index (χ1v) is 7.01. The summed E-state index contributed by atoms with van der Waals surface area (Å²) in [5.74, 6) is 1.66. The van der Waals surface area contributed by atoms with Gasteiger partial charge in [0.2, 0.25) is 0 Å². The van der Waals surface area contributed by atoms with Gasteiger partial charge in [0.15, 0.2) is 0 Å². The number of nitrogens with zero attached hydrogens (tertiary/aromatic N) is 3. The van der Waals surface area contributed by atoms with E-state index in [0.29, 0.717) is 5.92 Å². The molecule has 0 radical (unpaired) electrons. The van der Waals surface area contributed by atoms with Crippen molar-refractivity contribution < 1.29 is 4.74 Å². The van der Waals surface area contributed by atoms with Gasteiger partial charge in [0, 0.05) is 33.2 Å². The van der Waals surface area contributed by atoms with Crippen molar-refractivity contribution in [3.8, 4) is 0 Å². The highest BCUT2D eigenvalue weighted by molar-refractivity contribution is 4.92. The van der Waals surface area contributed by atoms with Crippen LogP contribution < -0.4 is 5.32 Å². The predicted octanol–water partition coefficient (Wildman–Crippen LogP) is 1.74. The van der Waals surface area contributed by atoms with Gasteiger partial charge in [0.25, 0.3) is 0 Å². The Morgan fingerprint density at radius 2 is 2.16 bits per heavy atom. The fraction of sp³-hybridized carbons (Fsp3) is 0.857. The van der Waals surface area contributed by atoms with Gasteiger partial charge in [0.05, 0.1) is 6.61 Å². The average Bonchev–Trinajstić information content (AvgIpc) is 2.70. The van der Waals surface area contributed by atoms with Crippen molar-refractivity contribution in [1.82, 2.24) is 20.1 Å². The zero-order valence-electron chi connectivity index (χ0n) is 12.9. The van der Waals surface area contributed by atoms with E-state index >= 15 is 0 Å². The SMILES string of the molecule is COCCNCC(C)(C)Cc1ncnn1CC(C)C. The van der Waals surface area contributed by atoms with Gasteiger partial charge in [-0.1, -0.05) is 27.7 Å². The molecule has 110 valence electrons. The van der Waals surface area contributed by atoms with Crippen LogP contribution >= 0.6 is 0 Å². The van der Waals surface area contributed by atoms with Crippen LogP contribution in [-0.4, -0.2) is 41.6 Å². The third kappa shape index (κ3) is 6.16. The maximum absolute atomic E-state index is 5.04. The number of ether oxygens (including phenoxy) is 1. The Bertz CT molecular complexity index is 360. The molecule has 0 aromatic carbocycles. The zero-order chi connectivity index (χ0) is 14.3. The average molecular weight is 268 g/mol. The summed E-state index contributed by atoms with van der Waals surface area (Å²) in [6.07, 6.45) is 2.59. The van der Waals surface area contributed by atoms with E-state index in [-0.39, 0.29) is 5.41 Å². The van der Waals surface area contributed by atoms with Crippen molar-refractivity contribution in [3.05, 3.63) is 12.2 Å². The molecule has 0 amide bonds. The zero-order valence-corrected chi connectivity index (χ0v) is 12.9. The summed E-state index contributed by atoms with van der Waals surface area (Å²) in [6.45, 7) is 12.4. The van der Waals surface area contributed by atoms with Crippen molar-refractivity contribution in [3.63, 3.8) is 0 Å². The van der Waals surface area contributed by atoms with E-state index in [1.165, 1.54) is 0 Å². The second-order valence-electron chi connectivity index (χ2n) is 6.26. The van der Waals surface area contributed by atoms with Crippen LogP contribution in [0.1, 0.15) is 33.5 Å². The Labute approximate surface area is 116 Å². The van der Waals surface area contributed by atoms with Gasteiger partial charge >= 0.3 is 0 Å². The van der Waals surface area contributed by atoms with Gasteiger partial charge in [-0.2, -0.15) is 5.10 Å². The summed E-state index contributed by atoms with van der Waals surface area (Å²) in [5.41, 5.74) is 0.162. The van der Waals surface area contributed by atoms with E-state index in [1.807, 2.05) is 4.68 Å². The number of hydrogen-bond acceptors (Lipinski definition) is 4. The Balaban J connectivity index is 2.50. The molecular weight excluding hydrogens is 240 g/mol. The topological polar surface area (TPSA) is 52.0 Å². The predicted molar refractivity (Wildman–Crippen MR) is 77.1 cm³/mol.